The van der Waals surface area contributed by atoms with Crippen LogP contribution >= 0.6 is 0 Å². The Bertz CT molecular complexity index is 101. The summed E-state index contributed by atoms with van der Waals surface area (Å²) in [7, 11) is 0. The zero-order valence-electron chi connectivity index (χ0n) is 4.26. The maximum atomic E-state index is 4.29. The second-order valence-electron chi connectivity index (χ2n) is 1.22. The van der Waals surface area contributed by atoms with Gasteiger partial charge in [-0.25, -0.2) is 0 Å². The molecule has 0 aromatic rings. The van der Waals surface area contributed by atoms with Crippen LogP contribution in [0.1, 0.15) is 6.92 Å². The first-order valence-corrected chi connectivity index (χ1v) is 2.57. The molecule has 0 nitrogen and oxygen atoms in total. The van der Waals surface area contributed by atoms with Crippen LogP contribution in [0.3, 0.4) is 0 Å². The van der Waals surface area contributed by atoms with Gasteiger partial charge in [0.2, 0.25) is 0 Å². The van der Waals surface area contributed by atoms with E-state index in [1.54, 1.807) is 11.1 Å². The van der Waals surface area contributed by atoms with Crippen molar-refractivity contribution in [1.82, 2.24) is 0 Å². The minimum absolute atomic E-state index is 1.12. The van der Waals surface area contributed by atoms with Crippen LogP contribution in [0, 0.1) is 0 Å². The van der Waals surface area contributed by atoms with E-state index in [0.29, 0.717) is 0 Å². The Morgan fingerprint density at radius 3 is 2.43 bits per heavy atom. The summed E-state index contributed by atoms with van der Waals surface area (Å²) in [5.41, 5.74) is 1.12. The van der Waals surface area contributed by atoms with Crippen LogP contribution in [0.2, 0.25) is 0 Å². The summed E-state index contributed by atoms with van der Waals surface area (Å²) in [4.78, 5) is 1.62. The van der Waals surface area contributed by atoms with Crippen LogP contribution in [-0.4, -0.2) is 4.99 Å². The molecule has 0 spiro atoms. The number of hydrogen-bond acceptors (Lipinski definition) is 0. The molecular formula is C6H8Ni. The molecule has 42 valence electrons. The molecule has 0 aromatic heterocycles. The van der Waals surface area contributed by atoms with E-state index in [-0.39, 0.29) is 0 Å². The summed E-state index contributed by atoms with van der Waals surface area (Å²) in [6.07, 6.45) is 3.63. The van der Waals surface area contributed by atoms with E-state index < -0.39 is 0 Å². The third-order valence-corrected chi connectivity index (χ3v) is 0.802. The molecule has 0 rings (SSSR count). The van der Waals surface area contributed by atoms with E-state index in [4.69, 9.17) is 0 Å². The fourth-order valence-corrected chi connectivity index (χ4v) is 0.411. The van der Waals surface area contributed by atoms with Crippen molar-refractivity contribution in [2.45, 2.75) is 6.92 Å². The van der Waals surface area contributed by atoms with Gasteiger partial charge < -0.3 is 0 Å². The topological polar surface area (TPSA) is 0 Å². The monoisotopic (exact) mass is 138 g/mol. The molecule has 0 amide bonds. The third kappa shape index (κ3) is 3.68. The molecule has 0 aliphatic rings. The minimum atomic E-state index is 1.12. The van der Waals surface area contributed by atoms with Gasteiger partial charge in [-0.15, -0.1) is 0 Å². The normalized spacial score (nSPS) is 11.0. The number of rotatable bonds is 2. The fourth-order valence-electron chi connectivity index (χ4n) is 0.151. The van der Waals surface area contributed by atoms with Gasteiger partial charge in [0.25, 0.3) is 0 Å². The molecule has 0 bridgehead atoms. The summed E-state index contributed by atoms with van der Waals surface area (Å²) in [6, 6.07) is 0. The van der Waals surface area contributed by atoms with Crippen molar-refractivity contribution >= 4 is 4.99 Å². The summed E-state index contributed by atoms with van der Waals surface area (Å²) >= 11 is 4.29. The second-order valence-corrected chi connectivity index (χ2v) is 1.55. The second kappa shape index (κ2) is 4.01. The first-order valence-electron chi connectivity index (χ1n) is 2.00. The molecule has 0 saturated carbocycles. The summed E-state index contributed by atoms with van der Waals surface area (Å²) < 4.78 is 0. The Balaban J connectivity index is 3.72. The van der Waals surface area contributed by atoms with Crippen LogP contribution in [0.5, 0.6) is 0 Å². The van der Waals surface area contributed by atoms with Crippen LogP contribution in [-0.2, 0) is 15.0 Å². The molecule has 0 N–H and O–H groups in total. The van der Waals surface area contributed by atoms with Crippen molar-refractivity contribution in [3.05, 3.63) is 24.3 Å². The van der Waals surface area contributed by atoms with Gasteiger partial charge in [0, 0.05) is 0 Å². The standard InChI is InChI=1S/C6H8.Ni/c1-4-6(3)5-2;/h1,4-5H,2H2,3H3;/b6-4-;. The van der Waals surface area contributed by atoms with E-state index >= 15 is 0 Å². The van der Waals surface area contributed by atoms with Gasteiger partial charge in [-0.3, -0.25) is 0 Å². The predicted molar refractivity (Wildman–Crippen MR) is 30.0 cm³/mol. The first-order chi connectivity index (χ1) is 3.31. The van der Waals surface area contributed by atoms with Crippen molar-refractivity contribution in [3.8, 4) is 0 Å². The van der Waals surface area contributed by atoms with Crippen molar-refractivity contribution < 1.29 is 15.0 Å². The number of allylic oxidation sites excluding steroid dienone is 3. The molecule has 0 heterocycles. The molecule has 0 aliphatic carbocycles. The average Bonchev–Trinajstić information content (AvgIpc) is 1.68. The Morgan fingerprint density at radius 1 is 1.71 bits per heavy atom. The van der Waals surface area contributed by atoms with Gasteiger partial charge in [0.05, 0.1) is 0 Å². The molecule has 0 radical (unpaired) electrons. The summed E-state index contributed by atoms with van der Waals surface area (Å²) in [5, 5.41) is 0. The van der Waals surface area contributed by atoms with Crippen LogP contribution < -0.4 is 0 Å². The Hall–Kier alpha value is -0.156. The van der Waals surface area contributed by atoms with E-state index in [1.807, 2.05) is 13.0 Å². The molecule has 0 aromatic carbocycles. The Morgan fingerprint density at radius 2 is 2.29 bits per heavy atom. The number of hydrogen-bond donors (Lipinski definition) is 0. The molecule has 0 atom stereocenters. The summed E-state index contributed by atoms with van der Waals surface area (Å²) in [6.45, 7) is 5.51. The van der Waals surface area contributed by atoms with Crippen LogP contribution in [0.25, 0.3) is 0 Å². The zero-order chi connectivity index (χ0) is 5.70. The van der Waals surface area contributed by atoms with Crippen molar-refractivity contribution in [2.24, 2.45) is 0 Å². The van der Waals surface area contributed by atoms with Gasteiger partial charge in [-0.1, -0.05) is 0 Å². The Kier molecular flexibility index (Phi) is 3.92. The summed E-state index contributed by atoms with van der Waals surface area (Å²) in [5.74, 6) is 0. The van der Waals surface area contributed by atoms with E-state index in [2.05, 4.69) is 21.6 Å². The zero-order valence-corrected chi connectivity index (χ0v) is 5.24. The van der Waals surface area contributed by atoms with Crippen molar-refractivity contribution in [2.75, 3.05) is 0 Å². The third-order valence-electron chi connectivity index (χ3n) is 0.638. The van der Waals surface area contributed by atoms with E-state index in [0.717, 1.165) is 5.57 Å². The first kappa shape index (κ1) is 6.84. The fraction of sp³-hybridized carbons (Fsp3) is 0.167. The Labute approximate surface area is 51.8 Å². The van der Waals surface area contributed by atoms with E-state index in [1.165, 1.54) is 0 Å². The van der Waals surface area contributed by atoms with Gasteiger partial charge in [-0.05, 0) is 0 Å². The molecule has 0 aliphatic heterocycles. The SMILES string of the molecule is C=C/C(C)=C\[CH]=[Ni]. The average molecular weight is 139 g/mol. The van der Waals surface area contributed by atoms with Gasteiger partial charge in [0.1, 0.15) is 0 Å². The van der Waals surface area contributed by atoms with E-state index in [9.17, 15) is 0 Å². The molecule has 1 heteroatoms. The molecule has 7 heavy (non-hydrogen) atoms. The van der Waals surface area contributed by atoms with Gasteiger partial charge >= 0.3 is 51.3 Å². The van der Waals surface area contributed by atoms with Crippen LogP contribution in [0.15, 0.2) is 24.3 Å². The van der Waals surface area contributed by atoms with Crippen LogP contribution in [0.4, 0.5) is 0 Å². The predicted octanol–water partition coefficient (Wildman–Crippen LogP) is 1.47. The van der Waals surface area contributed by atoms with Crippen molar-refractivity contribution in [1.29, 1.82) is 0 Å². The maximum absolute atomic E-state index is 4.29. The molecule has 0 fully saturated rings. The molecular weight excluding hydrogens is 131 g/mol. The molecule has 0 unspecified atom stereocenters. The van der Waals surface area contributed by atoms with Gasteiger partial charge in [0.15, 0.2) is 0 Å². The van der Waals surface area contributed by atoms with Gasteiger partial charge in [-0.2, -0.15) is 0 Å². The van der Waals surface area contributed by atoms with Crippen molar-refractivity contribution in [3.63, 3.8) is 0 Å². The molecule has 0 saturated heterocycles. The quantitative estimate of drug-likeness (QED) is 0.401.